The standard InChI is InChI=1S/C31H51N5O6/c1-6-32-28(40)25(37)22(18-21-15-10-16-33-26(21)38)34-27(39)23(17-19-11-9-12-19)36(5)29(41)24(20-13-7-8-14-20)35-30(42)31(2,3)4/h19-24H,6-18H2,1-5H3,(H,32,40)(H,33,38)(H,34,39)(H,35,42)/t21-,22-,23-,24+/m0/s1. The first kappa shape index (κ1) is 33.5. The Morgan fingerprint density at radius 3 is 2.14 bits per heavy atom. The Morgan fingerprint density at radius 1 is 0.929 bits per heavy atom. The van der Waals surface area contributed by atoms with Gasteiger partial charge in [0.05, 0.1) is 6.04 Å². The minimum Gasteiger partial charge on any atom is -0.356 e. The zero-order valence-electron chi connectivity index (χ0n) is 26.1. The molecule has 1 heterocycles. The normalized spacial score (nSPS) is 21.7. The third-order valence-electron chi connectivity index (χ3n) is 9.12. The van der Waals surface area contributed by atoms with Crippen molar-refractivity contribution in [2.24, 2.45) is 23.2 Å². The van der Waals surface area contributed by atoms with Crippen LogP contribution in [0.5, 0.6) is 0 Å². The van der Waals surface area contributed by atoms with Crippen LogP contribution >= 0.6 is 0 Å². The van der Waals surface area contributed by atoms with Crippen molar-refractivity contribution in [1.82, 2.24) is 26.2 Å². The maximum Gasteiger partial charge on any atom is 0.289 e. The Kier molecular flexibility index (Phi) is 11.9. The summed E-state index contributed by atoms with van der Waals surface area (Å²) >= 11 is 0. The maximum atomic E-state index is 14.0. The van der Waals surface area contributed by atoms with Crippen LogP contribution in [0, 0.1) is 23.2 Å². The van der Waals surface area contributed by atoms with Crippen molar-refractivity contribution in [3.63, 3.8) is 0 Å². The summed E-state index contributed by atoms with van der Waals surface area (Å²) in [6, 6.07) is -2.83. The van der Waals surface area contributed by atoms with Crippen molar-refractivity contribution in [2.45, 2.75) is 116 Å². The molecule has 4 N–H and O–H groups in total. The van der Waals surface area contributed by atoms with Gasteiger partial charge in [-0.1, -0.05) is 52.9 Å². The number of hydrogen-bond acceptors (Lipinski definition) is 6. The van der Waals surface area contributed by atoms with Crippen molar-refractivity contribution in [1.29, 1.82) is 0 Å². The molecule has 0 unspecified atom stereocenters. The number of nitrogens with zero attached hydrogens (tertiary/aromatic N) is 1. The highest BCUT2D eigenvalue weighted by Gasteiger charge is 2.41. The molecule has 0 aromatic carbocycles. The van der Waals surface area contributed by atoms with Crippen LogP contribution in [0.3, 0.4) is 0 Å². The van der Waals surface area contributed by atoms with Gasteiger partial charge in [0, 0.05) is 31.5 Å². The number of piperidine rings is 1. The monoisotopic (exact) mass is 589 g/mol. The van der Waals surface area contributed by atoms with Gasteiger partial charge in [0.2, 0.25) is 29.4 Å². The van der Waals surface area contributed by atoms with E-state index in [1.807, 2.05) is 0 Å². The van der Waals surface area contributed by atoms with Gasteiger partial charge >= 0.3 is 0 Å². The lowest BCUT2D eigenvalue weighted by atomic mass is 9.80. The summed E-state index contributed by atoms with van der Waals surface area (Å²) in [4.78, 5) is 80.6. The molecule has 0 aromatic heterocycles. The first-order valence-corrected chi connectivity index (χ1v) is 15.8. The molecule has 0 aromatic rings. The van der Waals surface area contributed by atoms with E-state index in [1.165, 1.54) is 4.90 Å². The van der Waals surface area contributed by atoms with E-state index in [9.17, 15) is 28.8 Å². The molecule has 42 heavy (non-hydrogen) atoms. The van der Waals surface area contributed by atoms with Gasteiger partial charge < -0.3 is 26.2 Å². The minimum atomic E-state index is -1.20. The zero-order chi connectivity index (χ0) is 31.0. The Morgan fingerprint density at radius 2 is 1.60 bits per heavy atom. The molecule has 4 atom stereocenters. The minimum absolute atomic E-state index is 0.00763. The maximum absolute atomic E-state index is 14.0. The summed E-state index contributed by atoms with van der Waals surface area (Å²) in [5.41, 5.74) is -0.684. The highest BCUT2D eigenvalue weighted by Crippen LogP contribution is 2.33. The molecular formula is C31H51N5O6. The topological polar surface area (TPSA) is 154 Å². The van der Waals surface area contributed by atoms with Crippen LogP contribution in [0.4, 0.5) is 0 Å². The lowest BCUT2D eigenvalue weighted by Gasteiger charge is -2.37. The number of Topliss-reactive ketones (excluding diaryl/α,β-unsaturated/α-hetero) is 1. The molecule has 1 saturated heterocycles. The fraction of sp³-hybridized carbons (Fsp3) is 0.806. The highest BCUT2D eigenvalue weighted by molar-refractivity contribution is 6.38. The molecule has 2 saturated carbocycles. The number of amides is 5. The quantitative estimate of drug-likeness (QED) is 0.241. The summed E-state index contributed by atoms with van der Waals surface area (Å²) < 4.78 is 0. The van der Waals surface area contributed by atoms with Gasteiger partial charge in [-0.05, 0) is 57.3 Å². The van der Waals surface area contributed by atoms with Gasteiger partial charge in [0.1, 0.15) is 12.1 Å². The van der Waals surface area contributed by atoms with E-state index in [-0.39, 0.29) is 42.5 Å². The third-order valence-corrected chi connectivity index (χ3v) is 9.12. The van der Waals surface area contributed by atoms with Crippen LogP contribution in [0.15, 0.2) is 0 Å². The Balaban J connectivity index is 1.85. The van der Waals surface area contributed by atoms with Gasteiger partial charge in [-0.2, -0.15) is 0 Å². The van der Waals surface area contributed by atoms with E-state index in [1.54, 1.807) is 34.7 Å². The number of hydrogen-bond donors (Lipinski definition) is 4. The SMILES string of the molecule is CCNC(=O)C(=O)[C@H](C[C@@H]1CCCNC1=O)NC(=O)[C@H](CC1CCC1)N(C)C(=O)[C@H](NC(=O)C(C)(C)C)C1CCCC1. The molecule has 0 bridgehead atoms. The van der Waals surface area contributed by atoms with Crippen LogP contribution in [0.1, 0.15) is 98.3 Å². The van der Waals surface area contributed by atoms with Crippen molar-refractivity contribution in [2.75, 3.05) is 20.1 Å². The molecular weight excluding hydrogens is 538 g/mol. The number of carbonyl (C=O) groups excluding carboxylic acids is 6. The summed E-state index contributed by atoms with van der Waals surface area (Å²) in [5.74, 6) is -3.16. The van der Waals surface area contributed by atoms with Gasteiger partial charge in [0.25, 0.3) is 5.91 Å². The van der Waals surface area contributed by atoms with Crippen LogP contribution in [0.25, 0.3) is 0 Å². The predicted octanol–water partition coefficient (Wildman–Crippen LogP) is 1.83. The largest absolute Gasteiger partial charge is 0.356 e. The van der Waals surface area contributed by atoms with E-state index in [2.05, 4.69) is 21.3 Å². The van der Waals surface area contributed by atoms with Crippen molar-refractivity contribution in [3.05, 3.63) is 0 Å². The van der Waals surface area contributed by atoms with E-state index in [0.29, 0.717) is 19.4 Å². The molecule has 0 radical (unpaired) electrons. The van der Waals surface area contributed by atoms with Crippen molar-refractivity contribution >= 4 is 35.3 Å². The molecule has 3 fully saturated rings. The fourth-order valence-electron chi connectivity index (χ4n) is 6.14. The van der Waals surface area contributed by atoms with Crippen molar-refractivity contribution < 1.29 is 28.8 Å². The molecule has 3 rings (SSSR count). The molecule has 2 aliphatic carbocycles. The lowest BCUT2D eigenvalue weighted by molar-refractivity contribution is -0.146. The Bertz CT molecular complexity index is 1010. The second-order valence-corrected chi connectivity index (χ2v) is 13.4. The lowest BCUT2D eigenvalue weighted by Crippen LogP contribution is -2.59. The zero-order valence-corrected chi connectivity index (χ0v) is 26.1. The van der Waals surface area contributed by atoms with Crippen LogP contribution in [-0.2, 0) is 28.8 Å². The first-order chi connectivity index (χ1) is 19.8. The number of carbonyl (C=O) groups is 6. The van der Waals surface area contributed by atoms with Crippen LogP contribution < -0.4 is 21.3 Å². The summed E-state index contributed by atoms with van der Waals surface area (Å²) in [7, 11) is 1.59. The van der Waals surface area contributed by atoms with E-state index >= 15 is 0 Å². The van der Waals surface area contributed by atoms with Crippen LogP contribution in [0.2, 0.25) is 0 Å². The molecule has 236 valence electrons. The Hall–Kier alpha value is -2.98. The van der Waals surface area contributed by atoms with E-state index < -0.39 is 47.1 Å². The molecule has 5 amide bonds. The second-order valence-electron chi connectivity index (χ2n) is 13.4. The second kappa shape index (κ2) is 15.0. The summed E-state index contributed by atoms with van der Waals surface area (Å²) in [6.45, 7) is 7.90. The highest BCUT2D eigenvalue weighted by atomic mass is 16.2. The average molecular weight is 590 g/mol. The Labute approximate surface area is 250 Å². The predicted molar refractivity (Wildman–Crippen MR) is 158 cm³/mol. The van der Waals surface area contributed by atoms with Gasteiger partial charge in [0.15, 0.2) is 0 Å². The first-order valence-electron chi connectivity index (χ1n) is 15.8. The third kappa shape index (κ3) is 8.77. The van der Waals surface area contributed by atoms with Gasteiger partial charge in [-0.25, -0.2) is 0 Å². The fourth-order valence-corrected chi connectivity index (χ4v) is 6.14. The average Bonchev–Trinajstić information content (AvgIpc) is 3.45. The van der Waals surface area contributed by atoms with Gasteiger partial charge in [-0.3, -0.25) is 28.8 Å². The van der Waals surface area contributed by atoms with E-state index in [0.717, 1.165) is 51.4 Å². The summed E-state index contributed by atoms with van der Waals surface area (Å²) in [6.07, 6.45) is 8.28. The molecule has 11 heteroatoms. The molecule has 3 aliphatic rings. The molecule has 0 spiro atoms. The number of likely N-dealkylation sites (N-methyl/N-ethyl adjacent to an activating group) is 2. The number of nitrogens with one attached hydrogen (secondary N) is 4. The van der Waals surface area contributed by atoms with Crippen molar-refractivity contribution in [3.8, 4) is 0 Å². The van der Waals surface area contributed by atoms with Gasteiger partial charge in [-0.15, -0.1) is 0 Å². The number of rotatable bonds is 13. The molecule has 11 nitrogen and oxygen atoms in total. The van der Waals surface area contributed by atoms with Crippen LogP contribution in [-0.4, -0.2) is 78.5 Å². The van der Waals surface area contributed by atoms with E-state index in [4.69, 9.17) is 0 Å². The molecule has 1 aliphatic heterocycles. The smallest absolute Gasteiger partial charge is 0.289 e. The summed E-state index contributed by atoms with van der Waals surface area (Å²) in [5, 5.41) is 11.1. The number of ketones is 1.